The van der Waals surface area contributed by atoms with Crippen molar-refractivity contribution >= 4 is 5.97 Å². The molecule has 0 aliphatic heterocycles. The lowest BCUT2D eigenvalue weighted by Crippen LogP contribution is -2.30. The highest BCUT2D eigenvalue weighted by atomic mass is 16.4. The van der Waals surface area contributed by atoms with E-state index in [-0.39, 0.29) is 12.5 Å². The summed E-state index contributed by atoms with van der Waals surface area (Å²) in [5.74, 6) is 0.505. The van der Waals surface area contributed by atoms with Crippen LogP contribution in [0.4, 0.5) is 0 Å². The summed E-state index contributed by atoms with van der Waals surface area (Å²) in [6, 6.07) is -0.183. The molecule has 1 saturated carbocycles. The van der Waals surface area contributed by atoms with E-state index < -0.39 is 5.97 Å². The van der Waals surface area contributed by atoms with Crippen LogP contribution in [0.25, 0.3) is 0 Å². The SMILES string of the molecule is C[C@H](CCCCC1CCCCC1)[C@H](N)CC(=O)O. The third-order valence-corrected chi connectivity index (χ3v) is 4.39. The first-order chi connectivity index (χ1) is 8.59. The molecule has 0 amide bonds. The van der Waals surface area contributed by atoms with E-state index in [9.17, 15) is 4.79 Å². The minimum absolute atomic E-state index is 0.101. The molecule has 3 nitrogen and oxygen atoms in total. The van der Waals surface area contributed by atoms with Crippen LogP contribution in [0.5, 0.6) is 0 Å². The Morgan fingerprint density at radius 2 is 1.94 bits per heavy atom. The fourth-order valence-electron chi connectivity index (χ4n) is 2.99. The normalized spacial score (nSPS) is 20.6. The Morgan fingerprint density at radius 3 is 2.56 bits per heavy atom. The summed E-state index contributed by atoms with van der Waals surface area (Å²) in [7, 11) is 0. The van der Waals surface area contributed by atoms with Crippen molar-refractivity contribution in [1.82, 2.24) is 0 Å². The first-order valence-electron chi connectivity index (χ1n) is 7.57. The predicted molar refractivity (Wildman–Crippen MR) is 74.4 cm³/mol. The number of nitrogens with two attached hydrogens (primary N) is 1. The maximum Gasteiger partial charge on any atom is 0.304 e. The molecular formula is C15H29NO2. The highest BCUT2D eigenvalue weighted by molar-refractivity contribution is 5.67. The first-order valence-corrected chi connectivity index (χ1v) is 7.57. The van der Waals surface area contributed by atoms with Crippen molar-refractivity contribution in [3.05, 3.63) is 0 Å². The largest absolute Gasteiger partial charge is 0.481 e. The summed E-state index contributed by atoms with van der Waals surface area (Å²) in [5.41, 5.74) is 5.86. The molecule has 0 bridgehead atoms. The van der Waals surface area contributed by atoms with Gasteiger partial charge < -0.3 is 10.8 Å². The zero-order chi connectivity index (χ0) is 13.4. The van der Waals surface area contributed by atoms with Crippen LogP contribution in [0, 0.1) is 11.8 Å². The van der Waals surface area contributed by atoms with Gasteiger partial charge in [-0.1, -0.05) is 58.3 Å². The Bertz CT molecular complexity index is 237. The van der Waals surface area contributed by atoms with Gasteiger partial charge in [0.2, 0.25) is 0 Å². The third kappa shape index (κ3) is 6.39. The van der Waals surface area contributed by atoms with Crippen LogP contribution in [0.2, 0.25) is 0 Å². The topological polar surface area (TPSA) is 63.3 Å². The van der Waals surface area contributed by atoms with Crippen LogP contribution in [0.15, 0.2) is 0 Å². The second kappa shape index (κ2) is 8.52. The Labute approximate surface area is 111 Å². The van der Waals surface area contributed by atoms with Crippen LogP contribution in [-0.2, 0) is 4.79 Å². The van der Waals surface area contributed by atoms with Gasteiger partial charge in [-0.15, -0.1) is 0 Å². The fourth-order valence-corrected chi connectivity index (χ4v) is 2.99. The minimum Gasteiger partial charge on any atom is -0.481 e. The number of unbranched alkanes of at least 4 members (excludes halogenated alkanes) is 1. The number of hydrogen-bond acceptors (Lipinski definition) is 2. The average Bonchev–Trinajstić information content (AvgIpc) is 2.34. The molecule has 0 radical (unpaired) electrons. The minimum atomic E-state index is -0.781. The van der Waals surface area contributed by atoms with Crippen molar-refractivity contribution < 1.29 is 9.90 Å². The van der Waals surface area contributed by atoms with Crippen molar-refractivity contribution in [2.75, 3.05) is 0 Å². The molecule has 0 aromatic carbocycles. The van der Waals surface area contributed by atoms with Gasteiger partial charge in [-0.25, -0.2) is 0 Å². The number of hydrogen-bond donors (Lipinski definition) is 2. The highest BCUT2D eigenvalue weighted by Gasteiger charge is 2.16. The zero-order valence-electron chi connectivity index (χ0n) is 11.7. The number of aliphatic carboxylic acids is 1. The molecule has 0 unspecified atom stereocenters. The van der Waals surface area contributed by atoms with Crippen molar-refractivity contribution in [2.24, 2.45) is 17.6 Å². The second-order valence-corrected chi connectivity index (χ2v) is 6.03. The Hall–Kier alpha value is -0.570. The molecule has 1 fully saturated rings. The van der Waals surface area contributed by atoms with Crippen molar-refractivity contribution in [1.29, 1.82) is 0 Å². The molecule has 0 saturated heterocycles. The summed E-state index contributed by atoms with van der Waals surface area (Å²) in [6.45, 7) is 2.08. The summed E-state index contributed by atoms with van der Waals surface area (Å²) in [6.07, 6.45) is 12.1. The third-order valence-electron chi connectivity index (χ3n) is 4.39. The number of carboxylic acid groups (broad SMARTS) is 1. The average molecular weight is 255 g/mol. The molecule has 0 aromatic heterocycles. The van der Waals surface area contributed by atoms with Crippen LogP contribution in [0.3, 0.4) is 0 Å². The summed E-state index contributed by atoms with van der Waals surface area (Å²) >= 11 is 0. The lowest BCUT2D eigenvalue weighted by molar-refractivity contribution is -0.137. The maximum atomic E-state index is 10.6. The zero-order valence-corrected chi connectivity index (χ0v) is 11.7. The van der Waals surface area contributed by atoms with Gasteiger partial charge in [0.1, 0.15) is 0 Å². The number of rotatable bonds is 8. The van der Waals surface area contributed by atoms with Gasteiger partial charge >= 0.3 is 5.97 Å². The van der Waals surface area contributed by atoms with Crippen LogP contribution < -0.4 is 5.73 Å². The van der Waals surface area contributed by atoms with Gasteiger partial charge in [-0.2, -0.15) is 0 Å². The molecular weight excluding hydrogens is 226 g/mol. The summed E-state index contributed by atoms with van der Waals surface area (Å²) in [4.78, 5) is 10.6. The maximum absolute atomic E-state index is 10.6. The summed E-state index contributed by atoms with van der Waals surface area (Å²) < 4.78 is 0. The van der Waals surface area contributed by atoms with Crippen LogP contribution >= 0.6 is 0 Å². The van der Waals surface area contributed by atoms with E-state index in [2.05, 4.69) is 6.92 Å². The van der Waals surface area contributed by atoms with E-state index in [1.165, 1.54) is 51.4 Å². The fraction of sp³-hybridized carbons (Fsp3) is 0.933. The lowest BCUT2D eigenvalue weighted by atomic mass is 9.85. The Balaban J connectivity index is 2.03. The standard InChI is InChI=1S/C15H29NO2/c1-12(14(16)11-15(17)18)7-5-6-10-13-8-3-2-4-9-13/h12-14H,2-11,16H2,1H3,(H,17,18)/t12-,14-/m1/s1. The molecule has 1 aliphatic rings. The monoisotopic (exact) mass is 255 g/mol. The van der Waals surface area contributed by atoms with Crippen molar-refractivity contribution in [2.45, 2.75) is 77.2 Å². The summed E-state index contributed by atoms with van der Waals surface area (Å²) in [5, 5.41) is 8.69. The molecule has 3 heteroatoms. The molecule has 0 spiro atoms. The predicted octanol–water partition coefficient (Wildman–Crippen LogP) is 3.57. The molecule has 2 atom stereocenters. The highest BCUT2D eigenvalue weighted by Crippen LogP contribution is 2.28. The van der Waals surface area contributed by atoms with Crippen LogP contribution in [-0.4, -0.2) is 17.1 Å². The smallest absolute Gasteiger partial charge is 0.304 e. The second-order valence-electron chi connectivity index (χ2n) is 6.03. The van der Waals surface area contributed by atoms with Gasteiger partial charge in [0, 0.05) is 6.04 Å². The van der Waals surface area contributed by atoms with Crippen LogP contribution in [0.1, 0.15) is 71.1 Å². The number of carbonyl (C=O) groups is 1. The van der Waals surface area contributed by atoms with Gasteiger partial charge in [-0.05, 0) is 18.3 Å². The molecule has 0 aromatic rings. The molecule has 1 aliphatic carbocycles. The molecule has 0 heterocycles. The van der Waals surface area contributed by atoms with Gasteiger partial charge in [0.15, 0.2) is 0 Å². The van der Waals surface area contributed by atoms with Crippen molar-refractivity contribution in [3.63, 3.8) is 0 Å². The Morgan fingerprint density at radius 1 is 1.28 bits per heavy atom. The molecule has 3 N–H and O–H groups in total. The van der Waals surface area contributed by atoms with E-state index in [1.807, 2.05) is 0 Å². The Kier molecular flexibility index (Phi) is 7.33. The van der Waals surface area contributed by atoms with E-state index in [0.717, 1.165) is 12.3 Å². The molecule has 106 valence electrons. The molecule has 18 heavy (non-hydrogen) atoms. The van der Waals surface area contributed by atoms with Gasteiger partial charge in [0.05, 0.1) is 6.42 Å². The van der Waals surface area contributed by atoms with Crippen molar-refractivity contribution in [3.8, 4) is 0 Å². The van der Waals surface area contributed by atoms with E-state index in [0.29, 0.717) is 5.92 Å². The number of carboxylic acids is 1. The van der Waals surface area contributed by atoms with Gasteiger partial charge in [0.25, 0.3) is 0 Å². The van der Waals surface area contributed by atoms with E-state index in [4.69, 9.17) is 10.8 Å². The molecule has 1 rings (SSSR count). The van der Waals surface area contributed by atoms with E-state index >= 15 is 0 Å². The quantitative estimate of drug-likeness (QED) is 0.652. The van der Waals surface area contributed by atoms with Gasteiger partial charge in [-0.3, -0.25) is 4.79 Å². The van der Waals surface area contributed by atoms with E-state index in [1.54, 1.807) is 0 Å². The first kappa shape index (κ1) is 15.5. The lowest BCUT2D eigenvalue weighted by Gasteiger charge is -2.22.